The lowest BCUT2D eigenvalue weighted by Crippen LogP contribution is -2.47. The van der Waals surface area contributed by atoms with Gasteiger partial charge < -0.3 is 14.8 Å². The van der Waals surface area contributed by atoms with Crippen LogP contribution in [-0.4, -0.2) is 31.2 Å². The van der Waals surface area contributed by atoms with Crippen LogP contribution in [0.3, 0.4) is 0 Å². The van der Waals surface area contributed by atoms with Crippen molar-refractivity contribution in [2.45, 2.75) is 117 Å². The van der Waals surface area contributed by atoms with Crippen LogP contribution in [0.5, 0.6) is 0 Å². The molecule has 0 heterocycles. The van der Waals surface area contributed by atoms with E-state index in [-0.39, 0.29) is 25.8 Å². The van der Waals surface area contributed by atoms with Crippen LogP contribution in [0.2, 0.25) is 0 Å². The summed E-state index contributed by atoms with van der Waals surface area (Å²) >= 11 is 0. The van der Waals surface area contributed by atoms with E-state index >= 15 is 0 Å². The van der Waals surface area contributed by atoms with Gasteiger partial charge in [0, 0.05) is 18.2 Å². The lowest BCUT2D eigenvalue weighted by Gasteiger charge is -2.36. The van der Waals surface area contributed by atoms with Gasteiger partial charge in [0.2, 0.25) is 0 Å². The summed E-state index contributed by atoms with van der Waals surface area (Å²) in [6, 6.07) is 3.35. The number of hydrogen-bond acceptors (Lipinski definition) is 5. The van der Waals surface area contributed by atoms with E-state index in [0.717, 1.165) is 19.3 Å². The first-order valence-electron chi connectivity index (χ1n) is 13.9. The van der Waals surface area contributed by atoms with Gasteiger partial charge in [0.05, 0.1) is 13.2 Å². The molecule has 0 aromatic heterocycles. The third-order valence-electron chi connectivity index (χ3n) is 7.29. The molecule has 0 unspecified atom stereocenters. The topological polar surface area (TPSA) is 64.6 Å². The van der Waals surface area contributed by atoms with Crippen LogP contribution in [0.15, 0.2) is 12.1 Å². The lowest BCUT2D eigenvalue weighted by molar-refractivity contribution is -0.175. The average molecular weight is 510 g/mol. The summed E-state index contributed by atoms with van der Waals surface area (Å²) < 4.78 is 39.7. The Morgan fingerprint density at radius 3 is 1.89 bits per heavy atom. The van der Waals surface area contributed by atoms with Crippen molar-refractivity contribution in [1.29, 1.82) is 0 Å². The van der Waals surface area contributed by atoms with Gasteiger partial charge in [0.1, 0.15) is 0 Å². The summed E-state index contributed by atoms with van der Waals surface area (Å²) in [5.41, 5.74) is -0.549. The molecule has 0 saturated heterocycles. The number of halogens is 2. The van der Waals surface area contributed by atoms with Gasteiger partial charge in [-0.2, -0.15) is 0 Å². The van der Waals surface area contributed by atoms with Gasteiger partial charge in [-0.1, -0.05) is 64.0 Å². The second-order valence-electron chi connectivity index (χ2n) is 9.91. The van der Waals surface area contributed by atoms with Crippen LogP contribution < -0.4 is 5.32 Å². The Kier molecular flexibility index (Phi) is 13.4. The number of nitrogens with one attached hydrogen (secondary N) is 1. The monoisotopic (exact) mass is 509 g/mol. The van der Waals surface area contributed by atoms with Crippen molar-refractivity contribution in [3.8, 4) is 0 Å². The second-order valence-corrected chi connectivity index (χ2v) is 9.91. The zero-order chi connectivity index (χ0) is 26.4. The molecule has 204 valence electrons. The Bertz CT molecular complexity index is 802. The van der Waals surface area contributed by atoms with Gasteiger partial charge >= 0.3 is 11.9 Å². The Hall–Kier alpha value is -2.02. The molecule has 1 aliphatic carbocycles. The quantitative estimate of drug-likeness (QED) is 0.151. The fourth-order valence-electron chi connectivity index (χ4n) is 5.01. The molecule has 36 heavy (non-hydrogen) atoms. The maximum Gasteiger partial charge on any atom is 0.323 e. The van der Waals surface area contributed by atoms with E-state index in [9.17, 15) is 18.4 Å². The van der Waals surface area contributed by atoms with Crippen LogP contribution in [0.1, 0.15) is 109 Å². The van der Waals surface area contributed by atoms with Crippen LogP contribution in [-0.2, 0) is 32.0 Å². The Labute approximate surface area is 215 Å². The fourth-order valence-corrected chi connectivity index (χ4v) is 5.01. The first kappa shape index (κ1) is 30.2. The predicted octanol–water partition coefficient (Wildman–Crippen LogP) is 6.79. The SMILES string of the molecule is CCCCCCCCCCc1ccc(CNC2CCC(C(=O)OCC)(C(=O)OCC)CC2)c(F)c1F. The average Bonchev–Trinajstić information content (AvgIpc) is 2.88. The number of aryl methyl sites for hydroxylation is 1. The van der Waals surface area contributed by atoms with Gasteiger partial charge in [-0.15, -0.1) is 0 Å². The number of benzene rings is 1. The van der Waals surface area contributed by atoms with Crippen molar-refractivity contribution in [1.82, 2.24) is 5.32 Å². The summed E-state index contributed by atoms with van der Waals surface area (Å²) in [4.78, 5) is 25.1. The second kappa shape index (κ2) is 16.0. The molecular formula is C29H45F2NO4. The van der Waals surface area contributed by atoms with E-state index in [1.165, 1.54) is 32.1 Å². The number of carbonyl (C=O) groups excluding carboxylic acids is 2. The Morgan fingerprint density at radius 1 is 0.833 bits per heavy atom. The van der Waals surface area contributed by atoms with E-state index in [1.807, 2.05) is 0 Å². The molecule has 1 aliphatic rings. The van der Waals surface area contributed by atoms with E-state index in [2.05, 4.69) is 12.2 Å². The number of ether oxygens (including phenoxy) is 2. The molecule has 0 radical (unpaired) electrons. The summed E-state index contributed by atoms with van der Waals surface area (Å²) in [6.45, 7) is 6.20. The predicted molar refractivity (Wildman–Crippen MR) is 137 cm³/mol. The van der Waals surface area contributed by atoms with Crippen molar-refractivity contribution in [2.75, 3.05) is 13.2 Å². The van der Waals surface area contributed by atoms with Crippen molar-refractivity contribution in [3.05, 3.63) is 34.9 Å². The van der Waals surface area contributed by atoms with Crippen molar-refractivity contribution in [2.24, 2.45) is 5.41 Å². The highest BCUT2D eigenvalue weighted by atomic mass is 19.2. The van der Waals surface area contributed by atoms with Crippen LogP contribution >= 0.6 is 0 Å². The summed E-state index contributed by atoms with van der Waals surface area (Å²) in [5, 5.41) is 3.27. The summed E-state index contributed by atoms with van der Waals surface area (Å²) in [5.74, 6) is -2.61. The minimum absolute atomic E-state index is 0.0126. The van der Waals surface area contributed by atoms with E-state index in [0.29, 0.717) is 43.2 Å². The van der Waals surface area contributed by atoms with Crippen molar-refractivity contribution < 1.29 is 27.8 Å². The molecule has 0 aliphatic heterocycles. The number of rotatable bonds is 16. The molecule has 1 aromatic carbocycles. The third kappa shape index (κ3) is 8.53. The molecule has 7 heteroatoms. The van der Waals surface area contributed by atoms with Crippen LogP contribution in [0.25, 0.3) is 0 Å². The molecule has 0 atom stereocenters. The first-order chi connectivity index (χ1) is 17.4. The van der Waals surface area contributed by atoms with Gasteiger partial charge in [-0.3, -0.25) is 9.59 Å². The Balaban J connectivity index is 1.83. The number of hydrogen-bond donors (Lipinski definition) is 1. The van der Waals surface area contributed by atoms with Crippen molar-refractivity contribution >= 4 is 11.9 Å². The van der Waals surface area contributed by atoms with Crippen LogP contribution in [0.4, 0.5) is 8.78 Å². The minimum atomic E-state index is -1.28. The Morgan fingerprint density at radius 2 is 1.33 bits per heavy atom. The molecule has 1 aromatic rings. The maximum atomic E-state index is 14.7. The molecule has 1 fully saturated rings. The smallest absolute Gasteiger partial charge is 0.323 e. The normalized spacial score (nSPS) is 15.6. The fraction of sp³-hybridized carbons (Fsp3) is 0.724. The first-order valence-corrected chi connectivity index (χ1v) is 13.9. The molecule has 0 amide bonds. The highest BCUT2D eigenvalue weighted by Crippen LogP contribution is 2.39. The zero-order valence-electron chi connectivity index (χ0n) is 22.4. The molecule has 5 nitrogen and oxygen atoms in total. The maximum absolute atomic E-state index is 14.7. The molecule has 0 bridgehead atoms. The zero-order valence-corrected chi connectivity index (χ0v) is 22.4. The number of carbonyl (C=O) groups is 2. The number of esters is 2. The van der Waals surface area contributed by atoms with E-state index in [4.69, 9.17) is 9.47 Å². The molecular weight excluding hydrogens is 464 g/mol. The highest BCUT2D eigenvalue weighted by Gasteiger charge is 2.50. The van der Waals surface area contributed by atoms with E-state index < -0.39 is 29.0 Å². The molecule has 0 spiro atoms. The van der Waals surface area contributed by atoms with Gasteiger partial charge in [0.25, 0.3) is 0 Å². The summed E-state index contributed by atoms with van der Waals surface area (Å²) in [6.07, 6.45) is 11.6. The third-order valence-corrected chi connectivity index (χ3v) is 7.29. The van der Waals surface area contributed by atoms with Crippen LogP contribution in [0, 0.1) is 17.0 Å². The largest absolute Gasteiger partial charge is 0.465 e. The number of unbranched alkanes of at least 4 members (excludes halogenated alkanes) is 7. The molecule has 1 saturated carbocycles. The summed E-state index contributed by atoms with van der Waals surface area (Å²) in [7, 11) is 0. The lowest BCUT2D eigenvalue weighted by atomic mass is 9.72. The van der Waals surface area contributed by atoms with Gasteiger partial charge in [-0.25, -0.2) is 8.78 Å². The molecule has 1 N–H and O–H groups in total. The van der Waals surface area contributed by atoms with Gasteiger partial charge in [0.15, 0.2) is 17.0 Å². The standard InChI is InChI=1S/C29H45F2NO4/c1-4-7-8-9-10-11-12-13-14-22-15-16-23(26(31)25(22)30)21-32-24-17-19-29(20-18-24,27(33)35-5-2)28(34)36-6-3/h15-16,24,32H,4-14,17-21H2,1-3H3. The highest BCUT2D eigenvalue weighted by molar-refractivity contribution is 6.00. The van der Waals surface area contributed by atoms with Gasteiger partial charge in [-0.05, 0) is 57.9 Å². The van der Waals surface area contributed by atoms with Crippen molar-refractivity contribution in [3.63, 3.8) is 0 Å². The minimum Gasteiger partial charge on any atom is -0.465 e. The van der Waals surface area contributed by atoms with E-state index in [1.54, 1.807) is 26.0 Å². The molecule has 2 rings (SSSR count).